The minimum atomic E-state index is -0.231. The Hall–Kier alpha value is -2.81. The zero-order valence-corrected chi connectivity index (χ0v) is 16.8. The number of anilines is 1. The second kappa shape index (κ2) is 9.13. The summed E-state index contributed by atoms with van der Waals surface area (Å²) in [7, 11) is 0. The van der Waals surface area contributed by atoms with Crippen molar-refractivity contribution in [2.75, 3.05) is 12.1 Å². The highest BCUT2D eigenvalue weighted by molar-refractivity contribution is 7.13. The molecule has 1 aliphatic heterocycles. The van der Waals surface area contributed by atoms with Crippen LogP contribution in [-0.4, -0.2) is 29.8 Å². The van der Waals surface area contributed by atoms with Gasteiger partial charge in [0.2, 0.25) is 12.7 Å². The first kappa shape index (κ1) is 19.5. The molecular weight excluding hydrogens is 392 g/mol. The first-order valence-electron chi connectivity index (χ1n) is 9.83. The summed E-state index contributed by atoms with van der Waals surface area (Å²) in [5, 5.41) is 10.9. The van der Waals surface area contributed by atoms with Crippen molar-refractivity contribution < 1.29 is 19.1 Å². The molecule has 1 aromatic carbocycles. The summed E-state index contributed by atoms with van der Waals surface area (Å²) in [5.74, 6) is 1.28. The molecule has 0 saturated heterocycles. The number of nitrogens with one attached hydrogen (secondary N) is 3. The van der Waals surface area contributed by atoms with E-state index < -0.39 is 0 Å². The summed E-state index contributed by atoms with van der Waals surface area (Å²) >= 11 is 1.32. The summed E-state index contributed by atoms with van der Waals surface area (Å²) in [5.41, 5.74) is 1.56. The largest absolute Gasteiger partial charge is 0.454 e. The number of hydrogen-bond donors (Lipinski definition) is 3. The first-order chi connectivity index (χ1) is 14.2. The van der Waals surface area contributed by atoms with Gasteiger partial charge >= 0.3 is 6.03 Å². The van der Waals surface area contributed by atoms with Gasteiger partial charge in [0.1, 0.15) is 0 Å². The third kappa shape index (κ3) is 5.38. The molecule has 2 aromatic rings. The minimum absolute atomic E-state index is 0.133. The fourth-order valence-electron chi connectivity index (χ4n) is 3.49. The topological polar surface area (TPSA) is 102 Å². The molecular formula is C20H24N4O4S. The molecule has 3 N–H and O–H groups in total. The number of benzene rings is 1. The molecule has 154 valence electrons. The number of fused-ring (bicyclic) bond motifs is 1. The molecule has 1 aliphatic carbocycles. The van der Waals surface area contributed by atoms with E-state index in [1.54, 1.807) is 5.38 Å². The molecule has 1 fully saturated rings. The van der Waals surface area contributed by atoms with Gasteiger partial charge in [-0.3, -0.25) is 10.1 Å². The van der Waals surface area contributed by atoms with Crippen molar-refractivity contribution in [1.29, 1.82) is 0 Å². The zero-order chi connectivity index (χ0) is 20.1. The Balaban J connectivity index is 1.22. The number of aromatic nitrogens is 1. The predicted molar refractivity (Wildman–Crippen MR) is 109 cm³/mol. The molecule has 1 saturated carbocycles. The Labute approximate surface area is 173 Å². The molecule has 9 heteroatoms. The predicted octanol–water partition coefficient (Wildman–Crippen LogP) is 3.18. The van der Waals surface area contributed by atoms with Crippen molar-refractivity contribution in [1.82, 2.24) is 15.6 Å². The van der Waals surface area contributed by atoms with Crippen molar-refractivity contribution in [2.24, 2.45) is 0 Å². The number of carbonyl (C=O) groups is 2. The van der Waals surface area contributed by atoms with E-state index in [0.29, 0.717) is 23.1 Å². The molecule has 4 rings (SSSR count). The van der Waals surface area contributed by atoms with Gasteiger partial charge in [-0.15, -0.1) is 11.3 Å². The van der Waals surface area contributed by atoms with Gasteiger partial charge < -0.3 is 20.1 Å². The van der Waals surface area contributed by atoms with E-state index in [1.165, 1.54) is 17.8 Å². The van der Waals surface area contributed by atoms with Crippen LogP contribution < -0.4 is 25.4 Å². The molecule has 0 unspecified atom stereocenters. The maximum absolute atomic E-state index is 12.2. The lowest BCUT2D eigenvalue weighted by atomic mass is 9.96. The molecule has 8 nitrogen and oxygen atoms in total. The SMILES string of the molecule is O=C(Cc1csc(NC(=O)NC2CCCCC2)n1)NCc1ccc2c(c1)OCO2. The number of carbonyl (C=O) groups excluding carboxylic acids is 2. The van der Waals surface area contributed by atoms with Gasteiger partial charge in [-0.1, -0.05) is 25.3 Å². The van der Waals surface area contributed by atoms with Gasteiger partial charge in [0.05, 0.1) is 12.1 Å². The van der Waals surface area contributed by atoms with Gasteiger partial charge in [-0.05, 0) is 30.5 Å². The van der Waals surface area contributed by atoms with Crippen molar-refractivity contribution in [3.63, 3.8) is 0 Å². The lowest BCUT2D eigenvalue weighted by Gasteiger charge is -2.22. The van der Waals surface area contributed by atoms with Gasteiger partial charge in [-0.2, -0.15) is 0 Å². The third-order valence-corrected chi connectivity index (χ3v) is 5.79. The number of urea groups is 1. The summed E-state index contributed by atoms with van der Waals surface area (Å²) in [4.78, 5) is 28.6. The van der Waals surface area contributed by atoms with Crippen LogP contribution in [0.15, 0.2) is 23.6 Å². The number of amides is 3. The summed E-state index contributed by atoms with van der Waals surface area (Å²) in [6, 6.07) is 5.60. The molecule has 0 atom stereocenters. The van der Waals surface area contributed by atoms with E-state index in [1.807, 2.05) is 18.2 Å². The lowest BCUT2D eigenvalue weighted by molar-refractivity contribution is -0.120. The van der Waals surface area contributed by atoms with Crippen LogP contribution in [0.5, 0.6) is 11.5 Å². The van der Waals surface area contributed by atoms with E-state index in [-0.39, 0.29) is 31.2 Å². The molecule has 0 bridgehead atoms. The van der Waals surface area contributed by atoms with Gasteiger partial charge in [0.25, 0.3) is 0 Å². The number of ether oxygens (including phenoxy) is 2. The number of hydrogen-bond acceptors (Lipinski definition) is 6. The average Bonchev–Trinajstić information content (AvgIpc) is 3.36. The number of nitrogens with zero attached hydrogens (tertiary/aromatic N) is 1. The van der Waals surface area contributed by atoms with Crippen molar-refractivity contribution in [3.05, 3.63) is 34.8 Å². The zero-order valence-electron chi connectivity index (χ0n) is 16.0. The molecule has 2 heterocycles. The van der Waals surface area contributed by atoms with Gasteiger partial charge in [0.15, 0.2) is 16.6 Å². The maximum Gasteiger partial charge on any atom is 0.321 e. The third-order valence-electron chi connectivity index (χ3n) is 4.98. The van der Waals surface area contributed by atoms with Crippen LogP contribution in [0.4, 0.5) is 9.93 Å². The van der Waals surface area contributed by atoms with Crippen molar-refractivity contribution in [3.8, 4) is 11.5 Å². The van der Waals surface area contributed by atoms with E-state index in [2.05, 4.69) is 20.9 Å². The van der Waals surface area contributed by atoms with Crippen LogP contribution in [0.3, 0.4) is 0 Å². The normalized spacial score (nSPS) is 15.7. The molecule has 1 aromatic heterocycles. The summed E-state index contributed by atoms with van der Waals surface area (Å²) in [6.45, 7) is 0.624. The molecule has 0 radical (unpaired) electrons. The number of thiazole rings is 1. The van der Waals surface area contributed by atoms with E-state index in [0.717, 1.165) is 37.0 Å². The van der Waals surface area contributed by atoms with E-state index >= 15 is 0 Å². The standard InChI is InChI=1S/C20H24N4O4S/c25-18(21-10-13-6-7-16-17(8-13)28-12-27-16)9-15-11-29-20(23-15)24-19(26)22-14-4-2-1-3-5-14/h6-8,11,14H,1-5,9-10,12H2,(H,21,25)(H2,22,23,24,26). The molecule has 2 aliphatic rings. The quantitative estimate of drug-likeness (QED) is 0.671. The van der Waals surface area contributed by atoms with Crippen LogP contribution in [0.25, 0.3) is 0 Å². The first-order valence-corrected chi connectivity index (χ1v) is 10.7. The van der Waals surface area contributed by atoms with Crippen LogP contribution in [-0.2, 0) is 17.8 Å². The highest BCUT2D eigenvalue weighted by Crippen LogP contribution is 2.32. The smallest absolute Gasteiger partial charge is 0.321 e. The number of rotatable bonds is 6. The molecule has 3 amide bonds. The Morgan fingerprint density at radius 1 is 1.14 bits per heavy atom. The average molecular weight is 417 g/mol. The fraction of sp³-hybridized carbons (Fsp3) is 0.450. The molecule has 0 spiro atoms. The van der Waals surface area contributed by atoms with Crippen molar-refractivity contribution in [2.45, 2.75) is 51.1 Å². The summed E-state index contributed by atoms with van der Waals surface area (Å²) in [6.07, 6.45) is 5.78. The highest BCUT2D eigenvalue weighted by atomic mass is 32.1. The Morgan fingerprint density at radius 3 is 2.83 bits per heavy atom. The van der Waals surface area contributed by atoms with Gasteiger partial charge in [-0.25, -0.2) is 9.78 Å². The second-order valence-corrected chi connectivity index (χ2v) is 8.08. The Bertz CT molecular complexity index is 879. The lowest BCUT2D eigenvalue weighted by Crippen LogP contribution is -2.39. The minimum Gasteiger partial charge on any atom is -0.454 e. The van der Waals surface area contributed by atoms with E-state index in [4.69, 9.17) is 9.47 Å². The van der Waals surface area contributed by atoms with E-state index in [9.17, 15) is 9.59 Å². The highest BCUT2D eigenvalue weighted by Gasteiger charge is 2.17. The summed E-state index contributed by atoms with van der Waals surface area (Å²) < 4.78 is 10.6. The van der Waals surface area contributed by atoms with Crippen LogP contribution in [0.2, 0.25) is 0 Å². The second-order valence-electron chi connectivity index (χ2n) is 7.22. The Kier molecular flexibility index (Phi) is 6.14. The Morgan fingerprint density at radius 2 is 1.97 bits per heavy atom. The maximum atomic E-state index is 12.2. The fourth-order valence-corrected chi connectivity index (χ4v) is 4.19. The van der Waals surface area contributed by atoms with Gasteiger partial charge in [0, 0.05) is 18.0 Å². The molecule has 29 heavy (non-hydrogen) atoms. The van der Waals surface area contributed by atoms with Crippen LogP contribution in [0, 0.1) is 0 Å². The van der Waals surface area contributed by atoms with Crippen LogP contribution in [0.1, 0.15) is 43.4 Å². The van der Waals surface area contributed by atoms with Crippen LogP contribution >= 0.6 is 11.3 Å². The monoisotopic (exact) mass is 416 g/mol. The van der Waals surface area contributed by atoms with Crippen molar-refractivity contribution >= 4 is 28.4 Å².